The Labute approximate surface area is 114 Å². The first kappa shape index (κ1) is 13.5. The number of hydrogen-bond acceptors (Lipinski definition) is 5. The van der Waals surface area contributed by atoms with Gasteiger partial charge >= 0.3 is 0 Å². The van der Waals surface area contributed by atoms with Crippen molar-refractivity contribution in [3.05, 3.63) is 57.9 Å². The summed E-state index contributed by atoms with van der Waals surface area (Å²) in [6.45, 7) is 1.72. The quantitative estimate of drug-likeness (QED) is 0.659. The second-order valence-electron chi connectivity index (χ2n) is 4.16. The zero-order chi connectivity index (χ0) is 14.7. The van der Waals surface area contributed by atoms with Crippen LogP contribution in [0.4, 0.5) is 11.4 Å². The van der Waals surface area contributed by atoms with Gasteiger partial charge in [-0.3, -0.25) is 19.9 Å². The summed E-state index contributed by atoms with van der Waals surface area (Å²) >= 11 is 0. The lowest BCUT2D eigenvalue weighted by Gasteiger charge is -2.06. The van der Waals surface area contributed by atoms with Crippen LogP contribution < -0.4 is 5.32 Å². The number of rotatable bonds is 3. The van der Waals surface area contributed by atoms with Crippen LogP contribution in [0.15, 0.2) is 36.7 Å². The molecule has 0 unspecified atom stereocenters. The fraction of sp³-hybridized carbons (Fsp3) is 0.0769. The zero-order valence-corrected chi connectivity index (χ0v) is 10.5. The highest BCUT2D eigenvalue weighted by Crippen LogP contribution is 2.25. The van der Waals surface area contributed by atoms with Crippen molar-refractivity contribution < 1.29 is 14.8 Å². The standard InChI is InChI=1S/C13H11N3O4/c1-8-2-3-11(12(4-8)16(19)20)15-13(18)9-5-10(17)7-14-6-9/h2-7,17H,1H3,(H,15,18). The second kappa shape index (κ2) is 5.35. The number of aromatic nitrogens is 1. The molecule has 1 amide bonds. The molecule has 102 valence electrons. The van der Waals surface area contributed by atoms with Gasteiger partial charge < -0.3 is 10.4 Å². The molecule has 0 aliphatic carbocycles. The van der Waals surface area contributed by atoms with Gasteiger partial charge in [0.15, 0.2) is 0 Å². The number of nitrogens with zero attached hydrogens (tertiary/aromatic N) is 2. The van der Waals surface area contributed by atoms with Crippen LogP contribution in [0, 0.1) is 17.0 Å². The van der Waals surface area contributed by atoms with Crippen LogP contribution >= 0.6 is 0 Å². The number of pyridine rings is 1. The van der Waals surface area contributed by atoms with Crippen molar-refractivity contribution in [2.24, 2.45) is 0 Å². The average molecular weight is 273 g/mol. The maximum Gasteiger partial charge on any atom is 0.293 e. The van der Waals surface area contributed by atoms with Crippen LogP contribution in [-0.4, -0.2) is 20.9 Å². The lowest BCUT2D eigenvalue weighted by Crippen LogP contribution is -2.13. The number of nitro groups is 1. The van der Waals surface area contributed by atoms with Gasteiger partial charge in [0, 0.05) is 12.3 Å². The molecule has 2 N–H and O–H groups in total. The lowest BCUT2D eigenvalue weighted by atomic mass is 10.2. The van der Waals surface area contributed by atoms with Gasteiger partial charge in [-0.1, -0.05) is 6.07 Å². The van der Waals surface area contributed by atoms with E-state index in [0.29, 0.717) is 5.56 Å². The lowest BCUT2D eigenvalue weighted by molar-refractivity contribution is -0.384. The summed E-state index contributed by atoms with van der Waals surface area (Å²) in [6.07, 6.45) is 2.44. The third-order valence-corrected chi connectivity index (χ3v) is 2.58. The number of amides is 1. The van der Waals surface area contributed by atoms with Crippen molar-refractivity contribution in [2.75, 3.05) is 5.32 Å². The number of anilines is 1. The smallest absolute Gasteiger partial charge is 0.293 e. The number of aromatic hydroxyl groups is 1. The van der Waals surface area contributed by atoms with Gasteiger partial charge in [-0.2, -0.15) is 0 Å². The summed E-state index contributed by atoms with van der Waals surface area (Å²) in [7, 11) is 0. The first-order chi connectivity index (χ1) is 9.47. The fourth-order valence-electron chi connectivity index (χ4n) is 1.64. The molecule has 7 heteroatoms. The summed E-state index contributed by atoms with van der Waals surface area (Å²) in [6, 6.07) is 5.71. The van der Waals surface area contributed by atoms with E-state index in [0.717, 1.165) is 0 Å². The van der Waals surface area contributed by atoms with E-state index in [2.05, 4.69) is 10.3 Å². The summed E-state index contributed by atoms with van der Waals surface area (Å²) in [5, 5.41) is 22.6. The molecule has 0 aliphatic heterocycles. The molecule has 2 rings (SSSR count). The van der Waals surface area contributed by atoms with Gasteiger partial charge in [0.05, 0.1) is 16.7 Å². The molecule has 0 spiro atoms. The molecule has 0 saturated heterocycles. The molecule has 0 atom stereocenters. The maximum absolute atomic E-state index is 11.9. The summed E-state index contributed by atoms with van der Waals surface area (Å²) in [5.41, 5.74) is 0.731. The van der Waals surface area contributed by atoms with Gasteiger partial charge in [-0.25, -0.2) is 0 Å². The van der Waals surface area contributed by atoms with Crippen LogP contribution in [0.25, 0.3) is 0 Å². The second-order valence-corrected chi connectivity index (χ2v) is 4.16. The van der Waals surface area contributed by atoms with E-state index in [9.17, 15) is 20.0 Å². The molecule has 7 nitrogen and oxygen atoms in total. The summed E-state index contributed by atoms with van der Waals surface area (Å²) < 4.78 is 0. The Morgan fingerprint density at radius 2 is 2.10 bits per heavy atom. The van der Waals surface area contributed by atoms with E-state index in [1.165, 1.54) is 30.6 Å². The minimum Gasteiger partial charge on any atom is -0.506 e. The number of carbonyl (C=O) groups is 1. The van der Waals surface area contributed by atoms with E-state index >= 15 is 0 Å². The van der Waals surface area contributed by atoms with Crippen molar-refractivity contribution in [1.82, 2.24) is 4.98 Å². The van der Waals surface area contributed by atoms with Crippen molar-refractivity contribution in [1.29, 1.82) is 0 Å². The molecule has 0 aliphatic rings. The third-order valence-electron chi connectivity index (χ3n) is 2.58. The highest BCUT2D eigenvalue weighted by atomic mass is 16.6. The SMILES string of the molecule is Cc1ccc(NC(=O)c2cncc(O)c2)c([N+](=O)[O-])c1. The Morgan fingerprint density at radius 1 is 1.35 bits per heavy atom. The summed E-state index contributed by atoms with van der Waals surface area (Å²) in [5.74, 6) is -0.739. The van der Waals surface area contributed by atoms with E-state index in [-0.39, 0.29) is 22.7 Å². The third kappa shape index (κ3) is 2.89. The highest BCUT2D eigenvalue weighted by molar-refractivity contribution is 6.05. The minimum atomic E-state index is -0.583. The molecular formula is C13H11N3O4. The number of nitro benzene ring substituents is 1. The maximum atomic E-state index is 11.9. The number of carbonyl (C=O) groups excluding carboxylic acids is 1. The first-order valence-corrected chi connectivity index (χ1v) is 5.68. The van der Waals surface area contributed by atoms with Crippen molar-refractivity contribution >= 4 is 17.3 Å². The molecule has 0 fully saturated rings. The average Bonchev–Trinajstić information content (AvgIpc) is 2.40. The highest BCUT2D eigenvalue weighted by Gasteiger charge is 2.17. The van der Waals surface area contributed by atoms with Crippen molar-refractivity contribution in [3.63, 3.8) is 0 Å². The predicted molar refractivity (Wildman–Crippen MR) is 71.7 cm³/mol. The number of nitrogens with one attached hydrogen (secondary N) is 1. The molecule has 2 aromatic rings. The van der Waals surface area contributed by atoms with Crippen molar-refractivity contribution in [2.45, 2.75) is 6.92 Å². The molecule has 1 aromatic carbocycles. The monoisotopic (exact) mass is 273 g/mol. The Morgan fingerprint density at radius 3 is 2.75 bits per heavy atom. The number of hydrogen-bond donors (Lipinski definition) is 2. The topological polar surface area (TPSA) is 105 Å². The van der Waals surface area contributed by atoms with E-state index < -0.39 is 10.8 Å². The van der Waals surface area contributed by atoms with E-state index in [1.54, 1.807) is 13.0 Å². The van der Waals surface area contributed by atoms with Gasteiger partial charge in [-0.15, -0.1) is 0 Å². The normalized spacial score (nSPS) is 10.1. The zero-order valence-electron chi connectivity index (χ0n) is 10.5. The first-order valence-electron chi connectivity index (χ1n) is 5.68. The van der Waals surface area contributed by atoms with Gasteiger partial charge in [-0.05, 0) is 24.6 Å². The fourth-order valence-corrected chi connectivity index (χ4v) is 1.64. The largest absolute Gasteiger partial charge is 0.506 e. The van der Waals surface area contributed by atoms with E-state index in [1.807, 2.05) is 0 Å². The Kier molecular flexibility index (Phi) is 3.60. The van der Waals surface area contributed by atoms with Gasteiger partial charge in [0.25, 0.3) is 11.6 Å². The van der Waals surface area contributed by atoms with Crippen LogP contribution in [0.2, 0.25) is 0 Å². The van der Waals surface area contributed by atoms with Crippen LogP contribution in [0.3, 0.4) is 0 Å². The molecule has 20 heavy (non-hydrogen) atoms. The summed E-state index contributed by atoms with van der Waals surface area (Å²) in [4.78, 5) is 26.0. The molecule has 1 heterocycles. The van der Waals surface area contributed by atoms with E-state index in [4.69, 9.17) is 0 Å². The Balaban J connectivity index is 2.30. The minimum absolute atomic E-state index is 0.0916. The van der Waals surface area contributed by atoms with Gasteiger partial charge in [0.2, 0.25) is 0 Å². The Bertz CT molecular complexity index is 685. The Hall–Kier alpha value is -2.96. The number of aryl methyl sites for hydroxylation is 1. The van der Waals surface area contributed by atoms with Gasteiger partial charge in [0.1, 0.15) is 11.4 Å². The van der Waals surface area contributed by atoms with Crippen LogP contribution in [0.5, 0.6) is 5.75 Å². The number of benzene rings is 1. The molecule has 1 aromatic heterocycles. The van der Waals surface area contributed by atoms with Crippen LogP contribution in [-0.2, 0) is 0 Å². The molecule has 0 bridgehead atoms. The molecule has 0 saturated carbocycles. The predicted octanol–water partition coefficient (Wildman–Crippen LogP) is 2.26. The molecule has 0 radical (unpaired) electrons. The van der Waals surface area contributed by atoms with Crippen molar-refractivity contribution in [3.8, 4) is 5.75 Å². The molecular weight excluding hydrogens is 262 g/mol. The van der Waals surface area contributed by atoms with Crippen LogP contribution in [0.1, 0.15) is 15.9 Å².